The third-order valence-corrected chi connectivity index (χ3v) is 3.71. The van der Waals surface area contributed by atoms with Crippen LogP contribution in [0.5, 0.6) is 0 Å². The zero-order valence-corrected chi connectivity index (χ0v) is 12.7. The molecule has 0 aliphatic rings. The van der Waals surface area contributed by atoms with Crippen LogP contribution in [0, 0.1) is 0 Å². The van der Waals surface area contributed by atoms with Crippen LogP contribution in [0.2, 0.25) is 0 Å². The molecule has 2 amide bonds. The van der Waals surface area contributed by atoms with Gasteiger partial charge in [0, 0.05) is 25.1 Å². The minimum Gasteiger partial charge on any atom is -0.480 e. The van der Waals surface area contributed by atoms with E-state index in [1.54, 1.807) is 7.05 Å². The number of carboxylic acid groups (broad SMARTS) is 1. The van der Waals surface area contributed by atoms with Gasteiger partial charge in [-0.2, -0.15) is 0 Å². The van der Waals surface area contributed by atoms with Crippen LogP contribution in [0.15, 0.2) is 28.7 Å². The highest BCUT2D eigenvalue weighted by atomic mass is 79.9. The Bertz CT molecular complexity index is 479. The Kier molecular flexibility index (Phi) is 5.35. The number of carbonyl (C=O) groups is 2. The summed E-state index contributed by atoms with van der Waals surface area (Å²) in [6, 6.07) is 6.42. The molecule has 1 N–H and O–H groups in total. The minimum atomic E-state index is -1.02. The minimum absolute atomic E-state index is 0.328. The Hall–Kier alpha value is -1.56. The van der Waals surface area contributed by atoms with Crippen LogP contribution in [0.25, 0.3) is 0 Å². The van der Waals surface area contributed by atoms with Gasteiger partial charge < -0.3 is 14.9 Å². The Morgan fingerprint density at radius 3 is 2.42 bits per heavy atom. The highest BCUT2D eigenvalue weighted by molar-refractivity contribution is 9.10. The van der Waals surface area contributed by atoms with Crippen LogP contribution in [-0.4, -0.2) is 47.0 Å². The number of carbonyl (C=O) groups excluding carboxylic acids is 1. The quantitative estimate of drug-likeness (QED) is 0.923. The molecule has 5 nitrogen and oxygen atoms in total. The predicted molar refractivity (Wildman–Crippen MR) is 75.9 cm³/mol. The Labute approximate surface area is 120 Å². The number of hydrogen-bond acceptors (Lipinski definition) is 2. The molecule has 1 atom stereocenters. The lowest BCUT2D eigenvalue weighted by atomic mass is 10.2. The number of rotatable bonds is 4. The van der Waals surface area contributed by atoms with Crippen molar-refractivity contribution in [1.29, 1.82) is 0 Å². The summed E-state index contributed by atoms with van der Waals surface area (Å²) in [5.74, 6) is -1.02. The van der Waals surface area contributed by atoms with Crippen LogP contribution in [0.1, 0.15) is 12.5 Å². The van der Waals surface area contributed by atoms with E-state index in [2.05, 4.69) is 15.9 Å². The number of nitrogens with zero attached hydrogens (tertiary/aromatic N) is 2. The average molecular weight is 329 g/mol. The monoisotopic (exact) mass is 328 g/mol. The standard InChI is InChI=1S/C13H17BrN2O3/c1-9(12(17)18)16(3)13(19)15(2)8-10-6-4-5-7-11(10)14/h4-7,9H,8H2,1-3H3,(H,17,18). The maximum absolute atomic E-state index is 12.1. The summed E-state index contributed by atoms with van der Waals surface area (Å²) in [5.41, 5.74) is 0.967. The van der Waals surface area contributed by atoms with Gasteiger partial charge in [-0.05, 0) is 18.6 Å². The van der Waals surface area contributed by atoms with E-state index in [4.69, 9.17) is 5.11 Å². The van der Waals surface area contributed by atoms with Crippen molar-refractivity contribution in [2.45, 2.75) is 19.5 Å². The molecule has 0 spiro atoms. The van der Waals surface area contributed by atoms with Crippen molar-refractivity contribution in [3.8, 4) is 0 Å². The summed E-state index contributed by atoms with van der Waals surface area (Å²) < 4.78 is 0.920. The number of likely N-dealkylation sites (N-methyl/N-ethyl adjacent to an activating group) is 1. The maximum Gasteiger partial charge on any atom is 0.326 e. The zero-order chi connectivity index (χ0) is 14.6. The molecule has 0 fully saturated rings. The number of amides is 2. The van der Waals surface area contributed by atoms with Crippen LogP contribution >= 0.6 is 15.9 Å². The molecule has 0 bridgehead atoms. The summed E-state index contributed by atoms with van der Waals surface area (Å²) in [6.45, 7) is 1.89. The smallest absolute Gasteiger partial charge is 0.326 e. The van der Waals surface area contributed by atoms with Crippen molar-refractivity contribution in [2.24, 2.45) is 0 Å². The topological polar surface area (TPSA) is 60.9 Å². The Morgan fingerprint density at radius 1 is 1.32 bits per heavy atom. The number of hydrogen-bond donors (Lipinski definition) is 1. The van der Waals surface area contributed by atoms with Gasteiger partial charge in [0.25, 0.3) is 0 Å². The molecule has 1 aromatic rings. The normalized spacial score (nSPS) is 11.8. The van der Waals surface area contributed by atoms with Crippen molar-refractivity contribution in [3.05, 3.63) is 34.3 Å². The number of benzene rings is 1. The molecule has 19 heavy (non-hydrogen) atoms. The van der Waals surface area contributed by atoms with Crippen molar-refractivity contribution in [1.82, 2.24) is 9.80 Å². The third-order valence-electron chi connectivity index (χ3n) is 2.93. The van der Waals surface area contributed by atoms with Gasteiger partial charge >= 0.3 is 12.0 Å². The summed E-state index contributed by atoms with van der Waals surface area (Å²) in [5, 5.41) is 8.90. The molecule has 1 unspecified atom stereocenters. The van der Waals surface area contributed by atoms with Gasteiger partial charge in [-0.15, -0.1) is 0 Å². The molecular formula is C13H17BrN2O3. The first-order chi connectivity index (χ1) is 8.84. The SMILES string of the molecule is CC(C(=O)O)N(C)C(=O)N(C)Cc1ccccc1Br. The number of urea groups is 1. The van der Waals surface area contributed by atoms with Gasteiger partial charge in [0.15, 0.2) is 0 Å². The van der Waals surface area contributed by atoms with E-state index in [1.165, 1.54) is 23.8 Å². The van der Waals surface area contributed by atoms with Gasteiger partial charge in [0.05, 0.1) is 0 Å². The van der Waals surface area contributed by atoms with E-state index < -0.39 is 12.0 Å². The maximum atomic E-state index is 12.1. The molecule has 1 rings (SSSR count). The Morgan fingerprint density at radius 2 is 1.89 bits per heavy atom. The zero-order valence-electron chi connectivity index (χ0n) is 11.1. The highest BCUT2D eigenvalue weighted by Crippen LogP contribution is 2.17. The molecule has 0 saturated carbocycles. The lowest BCUT2D eigenvalue weighted by Gasteiger charge is -2.27. The molecular weight excluding hydrogens is 312 g/mol. The van der Waals surface area contributed by atoms with E-state index in [9.17, 15) is 9.59 Å². The second-order valence-corrected chi connectivity index (χ2v) is 5.21. The van der Waals surface area contributed by atoms with E-state index >= 15 is 0 Å². The molecule has 0 saturated heterocycles. The molecule has 0 heterocycles. The molecule has 1 aromatic carbocycles. The van der Waals surface area contributed by atoms with E-state index in [0.717, 1.165) is 10.0 Å². The molecule has 6 heteroatoms. The van der Waals surface area contributed by atoms with Crippen molar-refractivity contribution in [3.63, 3.8) is 0 Å². The van der Waals surface area contributed by atoms with Gasteiger partial charge in [0.1, 0.15) is 6.04 Å². The lowest BCUT2D eigenvalue weighted by Crippen LogP contribution is -2.46. The van der Waals surface area contributed by atoms with Crippen LogP contribution in [0.4, 0.5) is 4.79 Å². The summed E-state index contributed by atoms with van der Waals surface area (Å²) in [6.07, 6.45) is 0. The van der Waals surface area contributed by atoms with E-state index in [0.29, 0.717) is 6.54 Å². The van der Waals surface area contributed by atoms with Gasteiger partial charge in [-0.1, -0.05) is 34.1 Å². The Balaban J connectivity index is 2.73. The fraction of sp³-hybridized carbons (Fsp3) is 0.385. The molecule has 0 aromatic heterocycles. The van der Waals surface area contributed by atoms with Gasteiger partial charge in [0.2, 0.25) is 0 Å². The van der Waals surface area contributed by atoms with Crippen LogP contribution in [0.3, 0.4) is 0 Å². The van der Waals surface area contributed by atoms with E-state index in [1.807, 2.05) is 24.3 Å². The van der Waals surface area contributed by atoms with Crippen molar-refractivity contribution < 1.29 is 14.7 Å². The molecule has 104 valence electrons. The third kappa shape index (κ3) is 3.96. The fourth-order valence-corrected chi connectivity index (χ4v) is 1.96. The average Bonchev–Trinajstić information content (AvgIpc) is 2.38. The summed E-state index contributed by atoms with van der Waals surface area (Å²) >= 11 is 3.42. The van der Waals surface area contributed by atoms with Crippen LogP contribution in [-0.2, 0) is 11.3 Å². The second kappa shape index (κ2) is 6.56. The van der Waals surface area contributed by atoms with Crippen LogP contribution < -0.4 is 0 Å². The first-order valence-electron chi connectivity index (χ1n) is 5.78. The molecule has 0 aliphatic carbocycles. The van der Waals surface area contributed by atoms with Gasteiger partial charge in [-0.3, -0.25) is 0 Å². The highest BCUT2D eigenvalue weighted by Gasteiger charge is 2.24. The predicted octanol–water partition coefficient (Wildman–Crippen LogP) is 2.41. The number of carboxylic acids is 1. The summed E-state index contributed by atoms with van der Waals surface area (Å²) in [7, 11) is 3.13. The molecule has 0 aliphatic heterocycles. The fourth-order valence-electron chi connectivity index (χ4n) is 1.55. The molecule has 0 radical (unpaired) electrons. The van der Waals surface area contributed by atoms with Crippen molar-refractivity contribution in [2.75, 3.05) is 14.1 Å². The largest absolute Gasteiger partial charge is 0.480 e. The first-order valence-corrected chi connectivity index (χ1v) is 6.58. The van der Waals surface area contributed by atoms with Gasteiger partial charge in [-0.25, -0.2) is 9.59 Å². The number of halogens is 1. The van der Waals surface area contributed by atoms with E-state index in [-0.39, 0.29) is 6.03 Å². The summed E-state index contributed by atoms with van der Waals surface area (Å²) in [4.78, 5) is 25.6. The number of aliphatic carboxylic acids is 1. The second-order valence-electron chi connectivity index (χ2n) is 4.36. The lowest BCUT2D eigenvalue weighted by molar-refractivity contribution is -0.141. The first kappa shape index (κ1) is 15.5. The van der Waals surface area contributed by atoms with Crippen molar-refractivity contribution >= 4 is 27.9 Å².